The van der Waals surface area contributed by atoms with Gasteiger partial charge in [-0.15, -0.1) is 0 Å². The number of aryl methyl sites for hydroxylation is 1. The molecule has 0 unspecified atom stereocenters. The molecule has 0 atom stereocenters. The maximum atomic E-state index is 12.1. The number of fused-ring (bicyclic) bond motifs is 1. The van der Waals surface area contributed by atoms with Crippen LogP contribution in [0.1, 0.15) is 27.3 Å². The first-order chi connectivity index (χ1) is 14.1. The second-order valence-electron chi connectivity index (χ2n) is 6.58. The molecule has 1 amide bonds. The number of nitrogens with zero attached hydrogens (tertiary/aromatic N) is 2. The smallest absolute Gasteiger partial charge is 0.252 e. The Morgan fingerprint density at radius 1 is 1.10 bits per heavy atom. The lowest BCUT2D eigenvalue weighted by atomic mass is 10.2. The van der Waals surface area contributed by atoms with Crippen molar-refractivity contribution in [1.29, 1.82) is 0 Å². The second-order valence-corrected chi connectivity index (χ2v) is 7.70. The lowest BCUT2D eigenvalue weighted by Gasteiger charge is -2.08. The van der Waals surface area contributed by atoms with Gasteiger partial charge in [-0.25, -0.2) is 0 Å². The van der Waals surface area contributed by atoms with Crippen LogP contribution in [0.5, 0.6) is 0 Å². The number of rotatable bonds is 5. The van der Waals surface area contributed by atoms with Gasteiger partial charge < -0.3 is 5.32 Å². The highest BCUT2D eigenvalue weighted by Gasteiger charge is 2.11. The SMILES string of the molecule is CNC(=O)c1ccccc1Sc1ccc2c(/C=C/c3cc(C)ccn3)n[nH]c2c1. The Morgan fingerprint density at radius 3 is 2.79 bits per heavy atom. The number of aromatic nitrogens is 3. The number of carbonyl (C=O) groups is 1. The normalized spacial score (nSPS) is 11.2. The van der Waals surface area contributed by atoms with Crippen LogP contribution in [0.4, 0.5) is 0 Å². The summed E-state index contributed by atoms with van der Waals surface area (Å²) < 4.78 is 0. The van der Waals surface area contributed by atoms with Crippen LogP contribution >= 0.6 is 11.8 Å². The summed E-state index contributed by atoms with van der Waals surface area (Å²) >= 11 is 1.56. The minimum atomic E-state index is -0.0899. The number of nitrogens with one attached hydrogen (secondary N) is 2. The Hall–Kier alpha value is -3.38. The fourth-order valence-corrected chi connectivity index (χ4v) is 4.01. The molecule has 6 heteroatoms. The molecule has 0 radical (unpaired) electrons. The predicted molar refractivity (Wildman–Crippen MR) is 118 cm³/mol. The summed E-state index contributed by atoms with van der Waals surface area (Å²) in [4.78, 5) is 18.4. The van der Waals surface area contributed by atoms with Crippen LogP contribution in [0.15, 0.2) is 70.6 Å². The van der Waals surface area contributed by atoms with E-state index in [9.17, 15) is 4.79 Å². The van der Waals surface area contributed by atoms with Gasteiger partial charge >= 0.3 is 0 Å². The molecule has 4 rings (SSSR count). The molecule has 5 nitrogen and oxygen atoms in total. The molecule has 0 fully saturated rings. The summed E-state index contributed by atoms with van der Waals surface area (Å²) in [5.41, 5.74) is 4.55. The zero-order valence-corrected chi connectivity index (χ0v) is 17.0. The fraction of sp³-hybridized carbons (Fsp3) is 0.0870. The van der Waals surface area contributed by atoms with Crippen molar-refractivity contribution in [2.45, 2.75) is 16.7 Å². The molecular formula is C23H20N4OS. The third kappa shape index (κ3) is 4.22. The monoisotopic (exact) mass is 400 g/mol. The summed E-state index contributed by atoms with van der Waals surface area (Å²) in [6.45, 7) is 2.05. The van der Waals surface area contributed by atoms with E-state index in [1.54, 1.807) is 25.0 Å². The Morgan fingerprint density at radius 2 is 1.97 bits per heavy atom. The van der Waals surface area contributed by atoms with Gasteiger partial charge in [-0.3, -0.25) is 14.9 Å². The van der Waals surface area contributed by atoms with E-state index in [-0.39, 0.29) is 5.91 Å². The first-order valence-corrected chi connectivity index (χ1v) is 10.0. The number of aromatic amines is 1. The number of hydrogen-bond donors (Lipinski definition) is 2. The van der Waals surface area contributed by atoms with Crippen LogP contribution in [0.2, 0.25) is 0 Å². The highest BCUT2D eigenvalue weighted by atomic mass is 32.2. The van der Waals surface area contributed by atoms with Crippen LogP contribution < -0.4 is 5.32 Å². The Labute approximate surface area is 173 Å². The largest absolute Gasteiger partial charge is 0.355 e. The molecule has 0 spiro atoms. The number of carbonyl (C=O) groups excluding carboxylic acids is 1. The van der Waals surface area contributed by atoms with Gasteiger partial charge in [-0.05, 0) is 67.1 Å². The van der Waals surface area contributed by atoms with Crippen molar-refractivity contribution >= 4 is 40.7 Å². The highest BCUT2D eigenvalue weighted by Crippen LogP contribution is 2.32. The number of hydrogen-bond acceptors (Lipinski definition) is 4. The van der Waals surface area contributed by atoms with E-state index in [0.29, 0.717) is 5.56 Å². The van der Waals surface area contributed by atoms with Gasteiger partial charge in [0.25, 0.3) is 5.91 Å². The molecule has 0 aliphatic rings. The van der Waals surface area contributed by atoms with Gasteiger partial charge in [0.05, 0.1) is 22.5 Å². The fourth-order valence-electron chi connectivity index (χ4n) is 3.03. The van der Waals surface area contributed by atoms with E-state index in [1.807, 2.05) is 67.6 Å². The highest BCUT2D eigenvalue weighted by molar-refractivity contribution is 7.99. The standard InChI is InChI=1S/C23H20N4OS/c1-15-11-12-25-16(13-15)7-10-20-18-9-8-17(14-21(18)27-26-20)29-22-6-4-3-5-19(22)23(28)24-2/h3-14H,1-2H3,(H,24,28)(H,26,27)/b10-7+. The van der Waals surface area contributed by atoms with E-state index < -0.39 is 0 Å². The minimum Gasteiger partial charge on any atom is -0.355 e. The summed E-state index contributed by atoms with van der Waals surface area (Å²) in [6, 6.07) is 17.7. The predicted octanol–water partition coefficient (Wildman–Crippen LogP) is 4.95. The third-order valence-electron chi connectivity index (χ3n) is 4.50. The van der Waals surface area contributed by atoms with Gasteiger partial charge in [-0.2, -0.15) is 5.10 Å². The maximum Gasteiger partial charge on any atom is 0.252 e. The van der Waals surface area contributed by atoms with Crippen molar-refractivity contribution in [3.05, 3.63) is 83.3 Å². The maximum absolute atomic E-state index is 12.1. The zero-order valence-electron chi connectivity index (χ0n) is 16.1. The number of amides is 1. The van der Waals surface area contributed by atoms with Crippen molar-refractivity contribution in [2.75, 3.05) is 7.05 Å². The molecule has 4 aromatic rings. The van der Waals surface area contributed by atoms with Gasteiger partial charge in [0, 0.05) is 28.4 Å². The van der Waals surface area contributed by atoms with Gasteiger partial charge in [-0.1, -0.05) is 23.9 Å². The molecule has 2 N–H and O–H groups in total. The lowest BCUT2D eigenvalue weighted by molar-refractivity contribution is 0.0960. The average molecular weight is 401 g/mol. The molecule has 144 valence electrons. The average Bonchev–Trinajstić information content (AvgIpc) is 3.14. The van der Waals surface area contributed by atoms with E-state index in [2.05, 4.69) is 26.6 Å². The zero-order chi connectivity index (χ0) is 20.2. The molecule has 2 heterocycles. The third-order valence-corrected chi connectivity index (χ3v) is 5.56. The molecule has 0 saturated heterocycles. The summed E-state index contributed by atoms with van der Waals surface area (Å²) in [5, 5.41) is 11.3. The molecular weight excluding hydrogens is 380 g/mol. The quantitative estimate of drug-likeness (QED) is 0.497. The van der Waals surface area contributed by atoms with E-state index in [0.717, 1.165) is 32.1 Å². The number of pyridine rings is 1. The Kier molecular flexibility index (Phi) is 5.44. The van der Waals surface area contributed by atoms with Crippen molar-refractivity contribution in [1.82, 2.24) is 20.5 Å². The van der Waals surface area contributed by atoms with Crippen LogP contribution in [0.25, 0.3) is 23.1 Å². The number of benzene rings is 2. The van der Waals surface area contributed by atoms with E-state index in [1.165, 1.54) is 5.56 Å². The summed E-state index contributed by atoms with van der Waals surface area (Å²) in [7, 11) is 1.64. The van der Waals surface area contributed by atoms with E-state index in [4.69, 9.17) is 0 Å². The van der Waals surface area contributed by atoms with Gasteiger partial charge in [0.1, 0.15) is 0 Å². The molecule has 29 heavy (non-hydrogen) atoms. The van der Waals surface area contributed by atoms with Gasteiger partial charge in [0.2, 0.25) is 0 Å². The molecule has 0 aliphatic carbocycles. The van der Waals surface area contributed by atoms with Crippen molar-refractivity contribution in [3.8, 4) is 0 Å². The lowest BCUT2D eigenvalue weighted by Crippen LogP contribution is -2.18. The van der Waals surface area contributed by atoms with Crippen LogP contribution in [0, 0.1) is 6.92 Å². The summed E-state index contributed by atoms with van der Waals surface area (Å²) in [5.74, 6) is -0.0899. The molecule has 0 saturated carbocycles. The van der Waals surface area contributed by atoms with E-state index >= 15 is 0 Å². The summed E-state index contributed by atoms with van der Waals surface area (Å²) in [6.07, 6.45) is 5.73. The molecule has 2 aromatic carbocycles. The Balaban J connectivity index is 1.60. The minimum absolute atomic E-state index is 0.0899. The Bertz CT molecular complexity index is 1210. The molecule has 0 bridgehead atoms. The van der Waals surface area contributed by atoms with Crippen molar-refractivity contribution in [2.24, 2.45) is 0 Å². The van der Waals surface area contributed by atoms with Crippen LogP contribution in [0.3, 0.4) is 0 Å². The second kappa shape index (κ2) is 8.32. The van der Waals surface area contributed by atoms with Crippen LogP contribution in [-0.2, 0) is 0 Å². The van der Waals surface area contributed by atoms with Crippen LogP contribution in [-0.4, -0.2) is 28.1 Å². The van der Waals surface area contributed by atoms with Crippen molar-refractivity contribution in [3.63, 3.8) is 0 Å². The first-order valence-electron chi connectivity index (χ1n) is 9.22. The molecule has 0 aliphatic heterocycles. The first kappa shape index (κ1) is 19.0. The molecule has 2 aromatic heterocycles. The van der Waals surface area contributed by atoms with Crippen molar-refractivity contribution < 1.29 is 4.79 Å². The van der Waals surface area contributed by atoms with Gasteiger partial charge in [0.15, 0.2) is 0 Å². The topological polar surface area (TPSA) is 70.7 Å². The number of H-pyrrole nitrogens is 1.